The Hall–Kier alpha value is -0.630. The zero-order valence-electron chi connectivity index (χ0n) is 11.6. The Morgan fingerprint density at radius 1 is 1.58 bits per heavy atom. The van der Waals surface area contributed by atoms with E-state index in [1.807, 2.05) is 13.8 Å². The molecule has 0 aliphatic carbocycles. The van der Waals surface area contributed by atoms with Gasteiger partial charge in [-0.15, -0.1) is 0 Å². The number of aromatic nitrogens is 2. The predicted octanol–water partition coefficient (Wildman–Crippen LogP) is 1.51. The number of hydrogen-bond acceptors (Lipinski definition) is 4. The number of halogens is 1. The maximum atomic E-state index is 12.6. The van der Waals surface area contributed by atoms with Gasteiger partial charge in [-0.2, -0.15) is 4.31 Å². The van der Waals surface area contributed by atoms with Crippen molar-refractivity contribution in [1.82, 2.24) is 13.9 Å². The molecule has 0 bridgehead atoms. The van der Waals surface area contributed by atoms with Gasteiger partial charge < -0.3 is 9.30 Å². The lowest BCUT2D eigenvalue weighted by atomic mass is 10.3. The van der Waals surface area contributed by atoms with E-state index < -0.39 is 10.0 Å². The second kappa shape index (κ2) is 6.69. The highest BCUT2D eigenvalue weighted by molar-refractivity contribution is 7.89. The molecule has 0 saturated carbocycles. The molecule has 0 amide bonds. The molecule has 6 nitrogen and oxygen atoms in total. The highest BCUT2D eigenvalue weighted by atomic mass is 35.5. The summed E-state index contributed by atoms with van der Waals surface area (Å²) in [4.78, 5) is 3.89. The zero-order chi connectivity index (χ0) is 14.6. The van der Waals surface area contributed by atoms with Gasteiger partial charge >= 0.3 is 0 Å². The van der Waals surface area contributed by atoms with Crippen LogP contribution in [0.4, 0.5) is 0 Å². The van der Waals surface area contributed by atoms with Crippen molar-refractivity contribution < 1.29 is 13.2 Å². The summed E-state index contributed by atoms with van der Waals surface area (Å²) in [6.45, 7) is 4.39. The van der Waals surface area contributed by atoms with E-state index in [9.17, 15) is 8.42 Å². The molecule has 0 aliphatic heterocycles. The molecule has 1 rings (SSSR count). The minimum Gasteiger partial charge on any atom is -0.383 e. The molecular weight excluding hydrogens is 290 g/mol. The maximum absolute atomic E-state index is 12.6. The lowest BCUT2D eigenvalue weighted by Gasteiger charge is -2.26. The molecule has 1 unspecified atom stereocenters. The topological polar surface area (TPSA) is 64.4 Å². The fourth-order valence-corrected chi connectivity index (χ4v) is 3.72. The summed E-state index contributed by atoms with van der Waals surface area (Å²) in [5, 5.41) is 0.0128. The molecule has 1 aromatic rings. The van der Waals surface area contributed by atoms with E-state index in [1.165, 1.54) is 22.3 Å². The van der Waals surface area contributed by atoms with Crippen molar-refractivity contribution in [3.05, 3.63) is 11.5 Å². The highest BCUT2D eigenvalue weighted by Gasteiger charge is 2.32. The minimum absolute atomic E-state index is 0.104. The van der Waals surface area contributed by atoms with Crippen molar-refractivity contribution >= 4 is 21.6 Å². The van der Waals surface area contributed by atoms with E-state index in [2.05, 4.69) is 4.98 Å². The molecule has 0 spiro atoms. The number of imidazole rings is 1. The molecule has 1 atom stereocenters. The first-order valence-electron chi connectivity index (χ1n) is 6.03. The molecule has 8 heteroatoms. The molecule has 1 heterocycles. The molecule has 1 aromatic heterocycles. The normalized spacial score (nSPS) is 14.0. The summed E-state index contributed by atoms with van der Waals surface area (Å²) in [5.74, 6) is 0. The summed E-state index contributed by atoms with van der Waals surface area (Å²) in [7, 11) is -0.518. The smallest absolute Gasteiger partial charge is 0.263 e. The van der Waals surface area contributed by atoms with E-state index in [0.717, 1.165) is 0 Å². The molecule has 0 saturated heterocycles. The summed E-state index contributed by atoms with van der Waals surface area (Å²) in [6.07, 6.45) is 2.09. The van der Waals surface area contributed by atoms with Crippen LogP contribution in [0.1, 0.15) is 20.3 Å². The zero-order valence-corrected chi connectivity index (χ0v) is 13.2. The van der Waals surface area contributed by atoms with Crippen LogP contribution >= 0.6 is 11.6 Å². The lowest BCUT2D eigenvalue weighted by molar-refractivity contribution is 0.167. The number of ether oxygens (including phenoxy) is 1. The Bertz CT molecular complexity index is 515. The first-order chi connectivity index (χ1) is 8.86. The summed E-state index contributed by atoms with van der Waals surface area (Å²) in [5.41, 5.74) is 0. The van der Waals surface area contributed by atoms with E-state index in [1.54, 1.807) is 7.05 Å². The highest BCUT2D eigenvalue weighted by Crippen LogP contribution is 2.24. The second-order valence-electron chi connectivity index (χ2n) is 4.32. The first-order valence-corrected chi connectivity index (χ1v) is 7.85. The van der Waals surface area contributed by atoms with Crippen LogP contribution in [-0.4, -0.2) is 48.6 Å². The first kappa shape index (κ1) is 16.4. The van der Waals surface area contributed by atoms with Gasteiger partial charge in [0, 0.05) is 26.7 Å². The van der Waals surface area contributed by atoms with Crippen LogP contribution in [0.5, 0.6) is 0 Å². The number of methoxy groups -OCH3 is 1. The van der Waals surface area contributed by atoms with Crippen LogP contribution < -0.4 is 0 Å². The fourth-order valence-electron chi connectivity index (χ4n) is 1.64. The third kappa shape index (κ3) is 3.47. The Kier molecular flexibility index (Phi) is 5.79. The van der Waals surface area contributed by atoms with Gasteiger partial charge in [0.2, 0.25) is 5.03 Å². The third-order valence-electron chi connectivity index (χ3n) is 2.99. The van der Waals surface area contributed by atoms with Gasteiger partial charge in [0.05, 0.1) is 12.9 Å². The lowest BCUT2D eigenvalue weighted by Crippen LogP contribution is -2.40. The summed E-state index contributed by atoms with van der Waals surface area (Å²) >= 11 is 5.98. The number of rotatable bonds is 7. The van der Waals surface area contributed by atoms with Gasteiger partial charge in [0.1, 0.15) is 5.15 Å². The second-order valence-corrected chi connectivity index (χ2v) is 6.48. The van der Waals surface area contributed by atoms with Crippen molar-refractivity contribution in [3.63, 3.8) is 0 Å². The minimum atomic E-state index is -3.71. The molecule has 0 N–H and O–H groups in total. The van der Waals surface area contributed by atoms with Gasteiger partial charge in [-0.05, 0) is 13.3 Å². The molecular formula is C11H20ClN3O3S. The number of nitrogens with zero attached hydrogens (tertiary/aromatic N) is 3. The molecule has 0 fully saturated rings. The predicted molar refractivity (Wildman–Crippen MR) is 73.7 cm³/mol. The fraction of sp³-hybridized carbons (Fsp3) is 0.727. The Morgan fingerprint density at radius 3 is 2.63 bits per heavy atom. The van der Waals surface area contributed by atoms with Crippen LogP contribution in [0.3, 0.4) is 0 Å². The average Bonchev–Trinajstić information content (AvgIpc) is 2.70. The molecule has 0 radical (unpaired) electrons. The van der Waals surface area contributed by atoms with Crippen molar-refractivity contribution in [1.29, 1.82) is 0 Å². The Balaban J connectivity index is 3.15. The monoisotopic (exact) mass is 309 g/mol. The van der Waals surface area contributed by atoms with E-state index in [-0.39, 0.29) is 22.8 Å². The Morgan fingerprint density at radius 2 is 2.21 bits per heavy atom. The standard InChI is InChI=1S/C11H20ClN3O3S/c1-5-9(2)15(6-7-18-4)19(16,17)11-10(12)14(3)8-13-11/h8-9H,5-7H2,1-4H3. The van der Waals surface area contributed by atoms with Gasteiger partial charge in [0.25, 0.3) is 10.0 Å². The average molecular weight is 310 g/mol. The van der Waals surface area contributed by atoms with Crippen LogP contribution in [0.25, 0.3) is 0 Å². The molecule has 0 aromatic carbocycles. The third-order valence-corrected chi connectivity index (χ3v) is 5.49. The molecule has 19 heavy (non-hydrogen) atoms. The van der Waals surface area contributed by atoms with Crippen molar-refractivity contribution in [2.75, 3.05) is 20.3 Å². The number of hydrogen-bond donors (Lipinski definition) is 0. The van der Waals surface area contributed by atoms with Crippen molar-refractivity contribution in [2.24, 2.45) is 7.05 Å². The molecule has 110 valence electrons. The van der Waals surface area contributed by atoms with Crippen LogP contribution in [0.2, 0.25) is 5.15 Å². The van der Waals surface area contributed by atoms with Gasteiger partial charge in [-0.3, -0.25) is 0 Å². The van der Waals surface area contributed by atoms with Crippen molar-refractivity contribution in [3.8, 4) is 0 Å². The van der Waals surface area contributed by atoms with Crippen molar-refractivity contribution in [2.45, 2.75) is 31.3 Å². The SMILES string of the molecule is CCC(C)N(CCOC)S(=O)(=O)c1ncn(C)c1Cl. The van der Waals surface area contributed by atoms with Gasteiger partial charge in [0.15, 0.2) is 0 Å². The van der Waals surface area contributed by atoms with Gasteiger partial charge in [-0.25, -0.2) is 13.4 Å². The van der Waals surface area contributed by atoms with E-state index in [0.29, 0.717) is 13.0 Å². The van der Waals surface area contributed by atoms with Gasteiger partial charge in [-0.1, -0.05) is 18.5 Å². The Labute approximate surface area is 119 Å². The largest absolute Gasteiger partial charge is 0.383 e. The molecule has 0 aliphatic rings. The van der Waals surface area contributed by atoms with Crippen LogP contribution in [0.15, 0.2) is 11.4 Å². The summed E-state index contributed by atoms with van der Waals surface area (Å²) in [6, 6.07) is -0.141. The van der Waals surface area contributed by atoms with Crippen LogP contribution in [0, 0.1) is 0 Å². The maximum Gasteiger partial charge on any atom is 0.263 e. The number of sulfonamides is 1. The summed E-state index contributed by atoms with van der Waals surface area (Å²) < 4.78 is 33.0. The van der Waals surface area contributed by atoms with E-state index in [4.69, 9.17) is 16.3 Å². The number of aryl methyl sites for hydroxylation is 1. The quantitative estimate of drug-likeness (QED) is 0.766. The van der Waals surface area contributed by atoms with E-state index >= 15 is 0 Å². The van der Waals surface area contributed by atoms with Crippen LogP contribution in [-0.2, 0) is 21.8 Å².